The third-order valence-electron chi connectivity index (χ3n) is 1.60. The zero-order valence-corrected chi connectivity index (χ0v) is 8.86. The average Bonchev–Trinajstić information content (AvgIpc) is 1.96. The van der Waals surface area contributed by atoms with Gasteiger partial charge < -0.3 is 10.4 Å². The lowest BCUT2D eigenvalue weighted by molar-refractivity contribution is 0.187. The molecule has 2 N–H and O–H groups in total. The first-order chi connectivity index (χ1) is 5.52. The van der Waals surface area contributed by atoms with Crippen LogP contribution in [0, 0.1) is 0 Å². The molecule has 0 saturated carbocycles. The number of aliphatic hydroxyl groups is 1. The van der Waals surface area contributed by atoms with Gasteiger partial charge in [-0.2, -0.15) is 0 Å². The van der Waals surface area contributed by atoms with Crippen LogP contribution in [-0.4, -0.2) is 40.0 Å². The van der Waals surface area contributed by atoms with E-state index in [9.17, 15) is 4.21 Å². The van der Waals surface area contributed by atoms with Crippen molar-refractivity contribution in [3.8, 4) is 0 Å². The molecule has 3 unspecified atom stereocenters. The standard InChI is InChI=1S/C8H19NO2S/c1-7(4-5-12(3)11)9-6-8(2)10/h7-10H,4-6H2,1-3H3. The minimum atomic E-state index is -0.703. The van der Waals surface area contributed by atoms with E-state index < -0.39 is 10.8 Å². The van der Waals surface area contributed by atoms with Crippen molar-refractivity contribution >= 4 is 10.8 Å². The predicted octanol–water partition coefficient (Wildman–Crippen LogP) is 0.114. The first kappa shape index (κ1) is 12.1. The lowest BCUT2D eigenvalue weighted by atomic mass is 10.2. The van der Waals surface area contributed by atoms with E-state index >= 15 is 0 Å². The minimum absolute atomic E-state index is 0.306. The van der Waals surface area contributed by atoms with Gasteiger partial charge >= 0.3 is 0 Å². The maximum absolute atomic E-state index is 10.7. The smallest absolute Gasteiger partial charge is 0.0636 e. The largest absolute Gasteiger partial charge is 0.392 e. The molecule has 0 amide bonds. The van der Waals surface area contributed by atoms with Crippen molar-refractivity contribution in [2.45, 2.75) is 32.4 Å². The van der Waals surface area contributed by atoms with Gasteiger partial charge in [0.2, 0.25) is 0 Å². The molecule has 0 aromatic rings. The first-order valence-corrected chi connectivity index (χ1v) is 5.96. The molecule has 3 atom stereocenters. The van der Waals surface area contributed by atoms with Crippen molar-refractivity contribution in [1.29, 1.82) is 0 Å². The second-order valence-corrected chi connectivity index (χ2v) is 4.78. The van der Waals surface area contributed by atoms with Gasteiger partial charge in [0.15, 0.2) is 0 Å². The molecule has 12 heavy (non-hydrogen) atoms. The van der Waals surface area contributed by atoms with E-state index in [0.717, 1.165) is 12.2 Å². The molecule has 0 aliphatic carbocycles. The van der Waals surface area contributed by atoms with Gasteiger partial charge in [-0.15, -0.1) is 0 Å². The van der Waals surface area contributed by atoms with Crippen molar-refractivity contribution in [1.82, 2.24) is 5.32 Å². The maximum Gasteiger partial charge on any atom is 0.0636 e. The summed E-state index contributed by atoms with van der Waals surface area (Å²) in [7, 11) is -0.703. The molecule has 3 nitrogen and oxygen atoms in total. The highest BCUT2D eigenvalue weighted by Crippen LogP contribution is 1.92. The summed E-state index contributed by atoms with van der Waals surface area (Å²) in [5.41, 5.74) is 0. The summed E-state index contributed by atoms with van der Waals surface area (Å²) in [4.78, 5) is 0. The molecule has 0 aromatic carbocycles. The van der Waals surface area contributed by atoms with E-state index in [1.807, 2.05) is 6.92 Å². The molecule has 0 heterocycles. The molecular formula is C8H19NO2S. The van der Waals surface area contributed by atoms with Gasteiger partial charge in [-0.25, -0.2) is 0 Å². The van der Waals surface area contributed by atoms with Crippen LogP contribution >= 0.6 is 0 Å². The number of hydrogen-bond acceptors (Lipinski definition) is 3. The fourth-order valence-corrected chi connectivity index (χ4v) is 1.50. The summed E-state index contributed by atoms with van der Waals surface area (Å²) in [6, 6.07) is 0.337. The van der Waals surface area contributed by atoms with Crippen LogP contribution in [0.4, 0.5) is 0 Å². The van der Waals surface area contributed by atoms with Gasteiger partial charge in [0.1, 0.15) is 0 Å². The summed E-state index contributed by atoms with van der Waals surface area (Å²) in [5.74, 6) is 0.730. The van der Waals surface area contributed by atoms with E-state index in [0.29, 0.717) is 12.6 Å². The molecule has 0 aliphatic rings. The fraction of sp³-hybridized carbons (Fsp3) is 1.00. The van der Waals surface area contributed by atoms with Crippen LogP contribution in [-0.2, 0) is 10.8 Å². The van der Waals surface area contributed by atoms with Crippen LogP contribution < -0.4 is 5.32 Å². The lowest BCUT2D eigenvalue weighted by Crippen LogP contribution is -2.33. The molecule has 74 valence electrons. The Labute approximate surface area is 77.0 Å². The summed E-state index contributed by atoms with van der Waals surface area (Å²) in [5, 5.41) is 12.1. The number of hydrogen-bond donors (Lipinski definition) is 2. The highest BCUT2D eigenvalue weighted by atomic mass is 32.2. The Kier molecular flexibility index (Phi) is 6.61. The second kappa shape index (κ2) is 6.57. The van der Waals surface area contributed by atoms with E-state index in [1.54, 1.807) is 13.2 Å². The normalized spacial score (nSPS) is 18.7. The van der Waals surface area contributed by atoms with Crippen LogP contribution in [0.1, 0.15) is 20.3 Å². The number of aliphatic hydroxyl groups excluding tert-OH is 1. The summed E-state index contributed by atoms with van der Waals surface area (Å²) >= 11 is 0. The van der Waals surface area contributed by atoms with Crippen molar-refractivity contribution < 1.29 is 9.32 Å². The van der Waals surface area contributed by atoms with Crippen molar-refractivity contribution in [3.63, 3.8) is 0 Å². The molecule has 0 saturated heterocycles. The Bertz CT molecular complexity index is 139. The fourth-order valence-electron chi connectivity index (χ4n) is 0.817. The third kappa shape index (κ3) is 8.17. The van der Waals surface area contributed by atoms with Gasteiger partial charge in [-0.1, -0.05) is 0 Å². The second-order valence-electron chi connectivity index (χ2n) is 3.22. The molecule has 0 fully saturated rings. The molecule has 0 rings (SSSR count). The average molecular weight is 193 g/mol. The van der Waals surface area contributed by atoms with Crippen LogP contribution in [0.3, 0.4) is 0 Å². The Morgan fingerprint density at radius 1 is 1.50 bits per heavy atom. The molecule has 0 aromatic heterocycles. The third-order valence-corrected chi connectivity index (χ3v) is 2.41. The highest BCUT2D eigenvalue weighted by molar-refractivity contribution is 7.84. The van der Waals surface area contributed by atoms with Gasteiger partial charge in [-0.05, 0) is 20.3 Å². The molecular weight excluding hydrogens is 174 g/mol. The highest BCUT2D eigenvalue weighted by Gasteiger charge is 2.03. The summed E-state index contributed by atoms with van der Waals surface area (Å²) in [6.07, 6.45) is 2.30. The van der Waals surface area contributed by atoms with E-state index in [2.05, 4.69) is 5.32 Å². The van der Waals surface area contributed by atoms with Crippen molar-refractivity contribution in [2.24, 2.45) is 0 Å². The van der Waals surface area contributed by atoms with Gasteiger partial charge in [-0.3, -0.25) is 4.21 Å². The van der Waals surface area contributed by atoms with E-state index in [-0.39, 0.29) is 6.10 Å². The Balaban J connectivity index is 3.33. The summed E-state index contributed by atoms with van der Waals surface area (Å²) < 4.78 is 10.7. The quantitative estimate of drug-likeness (QED) is 0.629. The van der Waals surface area contributed by atoms with Gasteiger partial charge in [0.25, 0.3) is 0 Å². The van der Waals surface area contributed by atoms with Crippen molar-refractivity contribution in [3.05, 3.63) is 0 Å². The lowest BCUT2D eigenvalue weighted by Gasteiger charge is -2.13. The maximum atomic E-state index is 10.7. The molecule has 0 spiro atoms. The monoisotopic (exact) mass is 193 g/mol. The molecule has 0 aliphatic heterocycles. The van der Waals surface area contributed by atoms with Crippen LogP contribution in [0.15, 0.2) is 0 Å². The van der Waals surface area contributed by atoms with Gasteiger partial charge in [0, 0.05) is 35.4 Å². The first-order valence-electron chi connectivity index (χ1n) is 4.24. The Morgan fingerprint density at radius 2 is 2.08 bits per heavy atom. The SMILES string of the molecule is CC(O)CNC(C)CCS(C)=O. The van der Waals surface area contributed by atoms with Crippen LogP contribution in [0.5, 0.6) is 0 Å². The Morgan fingerprint density at radius 3 is 2.50 bits per heavy atom. The molecule has 0 bridgehead atoms. The van der Waals surface area contributed by atoms with Crippen molar-refractivity contribution in [2.75, 3.05) is 18.6 Å². The number of nitrogens with one attached hydrogen (secondary N) is 1. The zero-order chi connectivity index (χ0) is 9.56. The predicted molar refractivity (Wildman–Crippen MR) is 52.7 cm³/mol. The van der Waals surface area contributed by atoms with Crippen LogP contribution in [0.25, 0.3) is 0 Å². The topological polar surface area (TPSA) is 49.3 Å². The number of rotatable bonds is 6. The Hall–Kier alpha value is 0.0700. The molecule has 0 radical (unpaired) electrons. The molecule has 4 heteroatoms. The summed E-state index contributed by atoms with van der Waals surface area (Å²) in [6.45, 7) is 4.39. The minimum Gasteiger partial charge on any atom is -0.392 e. The van der Waals surface area contributed by atoms with Crippen LogP contribution in [0.2, 0.25) is 0 Å². The van der Waals surface area contributed by atoms with Gasteiger partial charge in [0.05, 0.1) is 6.10 Å². The van der Waals surface area contributed by atoms with E-state index in [1.165, 1.54) is 0 Å². The zero-order valence-electron chi connectivity index (χ0n) is 8.04. The van der Waals surface area contributed by atoms with E-state index in [4.69, 9.17) is 5.11 Å².